The van der Waals surface area contributed by atoms with Crippen LogP contribution in [-0.2, 0) is 0 Å². The number of hydrogen-bond donors (Lipinski definition) is 1. The third-order valence-electron chi connectivity index (χ3n) is 4.53. The Bertz CT molecular complexity index is 183. The molecule has 15 heavy (non-hydrogen) atoms. The Morgan fingerprint density at radius 3 is 2.20 bits per heavy atom. The monoisotopic (exact) mass is 212 g/mol. The first-order valence-electron chi connectivity index (χ1n) is 6.52. The molecule has 1 rings (SSSR count). The highest BCUT2D eigenvalue weighted by molar-refractivity contribution is 4.86. The smallest absolute Gasteiger partial charge is 0.0218 e. The molecule has 1 aliphatic heterocycles. The minimum atomic E-state index is 0.344. The van der Waals surface area contributed by atoms with Gasteiger partial charge in [-0.3, -0.25) is 4.90 Å². The normalized spacial score (nSPS) is 26.2. The summed E-state index contributed by atoms with van der Waals surface area (Å²) in [6.45, 7) is 11.7. The van der Waals surface area contributed by atoms with E-state index in [0.717, 1.165) is 6.42 Å². The maximum absolute atomic E-state index is 6.11. The van der Waals surface area contributed by atoms with E-state index in [0.29, 0.717) is 17.5 Å². The molecular weight excluding hydrogens is 184 g/mol. The van der Waals surface area contributed by atoms with Crippen molar-refractivity contribution in [2.45, 2.75) is 65.5 Å². The van der Waals surface area contributed by atoms with E-state index in [4.69, 9.17) is 5.73 Å². The zero-order chi connectivity index (χ0) is 11.5. The molecule has 1 aliphatic rings. The molecule has 0 saturated carbocycles. The van der Waals surface area contributed by atoms with Crippen molar-refractivity contribution in [3.05, 3.63) is 0 Å². The molecular formula is C13H28N2. The summed E-state index contributed by atoms with van der Waals surface area (Å²) < 4.78 is 0. The highest BCUT2D eigenvalue weighted by Gasteiger charge is 2.31. The topological polar surface area (TPSA) is 29.3 Å². The third-order valence-corrected chi connectivity index (χ3v) is 4.53. The molecule has 0 spiro atoms. The van der Waals surface area contributed by atoms with Crippen molar-refractivity contribution in [2.75, 3.05) is 13.1 Å². The molecule has 0 aromatic rings. The largest absolute Gasteiger partial charge is 0.326 e. The molecule has 0 aromatic heterocycles. The Hall–Kier alpha value is -0.0800. The molecule has 2 nitrogen and oxygen atoms in total. The second-order valence-corrected chi connectivity index (χ2v) is 5.51. The van der Waals surface area contributed by atoms with E-state index in [1.54, 1.807) is 0 Å². The van der Waals surface area contributed by atoms with E-state index in [1.165, 1.54) is 32.4 Å². The number of rotatable bonds is 4. The van der Waals surface area contributed by atoms with Crippen molar-refractivity contribution in [1.82, 2.24) is 4.90 Å². The summed E-state index contributed by atoms with van der Waals surface area (Å²) in [5.41, 5.74) is 6.70. The van der Waals surface area contributed by atoms with Crippen LogP contribution in [0.5, 0.6) is 0 Å². The van der Waals surface area contributed by atoms with Gasteiger partial charge in [0.05, 0.1) is 0 Å². The maximum Gasteiger partial charge on any atom is 0.0218 e. The average Bonchev–Trinajstić information content (AvgIpc) is 2.28. The molecule has 2 atom stereocenters. The van der Waals surface area contributed by atoms with E-state index >= 15 is 0 Å². The van der Waals surface area contributed by atoms with Crippen molar-refractivity contribution in [2.24, 2.45) is 11.1 Å². The van der Waals surface area contributed by atoms with Gasteiger partial charge in [-0.05, 0) is 44.7 Å². The fourth-order valence-corrected chi connectivity index (χ4v) is 2.44. The quantitative estimate of drug-likeness (QED) is 0.776. The Morgan fingerprint density at radius 1 is 1.27 bits per heavy atom. The first kappa shape index (κ1) is 13.0. The van der Waals surface area contributed by atoms with Gasteiger partial charge in [0.2, 0.25) is 0 Å². The predicted molar refractivity (Wildman–Crippen MR) is 66.9 cm³/mol. The van der Waals surface area contributed by atoms with Crippen LogP contribution in [0.4, 0.5) is 0 Å². The number of nitrogens with two attached hydrogens (primary N) is 1. The van der Waals surface area contributed by atoms with Crippen molar-refractivity contribution in [3.63, 3.8) is 0 Å². The van der Waals surface area contributed by atoms with E-state index in [-0.39, 0.29) is 0 Å². The van der Waals surface area contributed by atoms with Crippen LogP contribution in [0.25, 0.3) is 0 Å². The van der Waals surface area contributed by atoms with Crippen LogP contribution in [-0.4, -0.2) is 30.1 Å². The lowest BCUT2D eigenvalue weighted by Crippen LogP contribution is -2.50. The standard InChI is InChI=1S/C13H28N2/c1-5-12(14)11(3)15-9-7-13(4,6-2)8-10-15/h11-12H,5-10,14H2,1-4H3. The summed E-state index contributed by atoms with van der Waals surface area (Å²) in [4.78, 5) is 2.57. The fraction of sp³-hybridized carbons (Fsp3) is 1.00. The molecule has 1 fully saturated rings. The van der Waals surface area contributed by atoms with Crippen molar-refractivity contribution in [3.8, 4) is 0 Å². The number of likely N-dealkylation sites (tertiary alicyclic amines) is 1. The van der Waals surface area contributed by atoms with E-state index < -0.39 is 0 Å². The molecule has 0 aromatic carbocycles. The summed E-state index contributed by atoms with van der Waals surface area (Å²) in [7, 11) is 0. The Kier molecular flexibility index (Phi) is 4.60. The molecule has 0 bridgehead atoms. The zero-order valence-corrected chi connectivity index (χ0v) is 10.9. The minimum Gasteiger partial charge on any atom is -0.326 e. The Morgan fingerprint density at radius 2 is 1.80 bits per heavy atom. The van der Waals surface area contributed by atoms with Crippen LogP contribution in [0.15, 0.2) is 0 Å². The first-order chi connectivity index (χ1) is 7.02. The van der Waals surface area contributed by atoms with Crippen LogP contribution < -0.4 is 5.73 Å². The van der Waals surface area contributed by atoms with Gasteiger partial charge in [-0.1, -0.05) is 27.2 Å². The van der Waals surface area contributed by atoms with Gasteiger partial charge in [0.25, 0.3) is 0 Å². The Labute approximate surface area is 95.2 Å². The van der Waals surface area contributed by atoms with Crippen LogP contribution in [0.3, 0.4) is 0 Å². The zero-order valence-electron chi connectivity index (χ0n) is 10.9. The average molecular weight is 212 g/mol. The fourth-order valence-electron chi connectivity index (χ4n) is 2.44. The number of piperidine rings is 1. The lowest BCUT2D eigenvalue weighted by Gasteiger charge is -2.42. The van der Waals surface area contributed by atoms with Crippen LogP contribution in [0.2, 0.25) is 0 Å². The van der Waals surface area contributed by atoms with Crippen molar-refractivity contribution < 1.29 is 0 Å². The molecule has 0 amide bonds. The number of hydrogen-bond acceptors (Lipinski definition) is 2. The lowest BCUT2D eigenvalue weighted by molar-refractivity contribution is 0.0766. The van der Waals surface area contributed by atoms with Gasteiger partial charge in [-0.15, -0.1) is 0 Å². The summed E-state index contributed by atoms with van der Waals surface area (Å²) in [6.07, 6.45) is 5.08. The van der Waals surface area contributed by atoms with Gasteiger partial charge in [-0.2, -0.15) is 0 Å². The predicted octanol–water partition coefficient (Wildman–Crippen LogP) is 2.62. The molecule has 0 radical (unpaired) electrons. The highest BCUT2D eigenvalue weighted by Crippen LogP contribution is 2.34. The van der Waals surface area contributed by atoms with Crippen LogP contribution in [0.1, 0.15) is 53.4 Å². The molecule has 0 aliphatic carbocycles. The molecule has 1 saturated heterocycles. The maximum atomic E-state index is 6.11. The highest BCUT2D eigenvalue weighted by atomic mass is 15.2. The molecule has 2 unspecified atom stereocenters. The molecule has 1 heterocycles. The molecule has 90 valence electrons. The van der Waals surface area contributed by atoms with Gasteiger partial charge >= 0.3 is 0 Å². The van der Waals surface area contributed by atoms with Crippen molar-refractivity contribution in [1.29, 1.82) is 0 Å². The van der Waals surface area contributed by atoms with Crippen LogP contribution in [0, 0.1) is 5.41 Å². The lowest BCUT2D eigenvalue weighted by atomic mass is 9.78. The van der Waals surface area contributed by atoms with Gasteiger partial charge < -0.3 is 5.73 Å². The summed E-state index contributed by atoms with van der Waals surface area (Å²) >= 11 is 0. The van der Waals surface area contributed by atoms with Gasteiger partial charge in [0.1, 0.15) is 0 Å². The second-order valence-electron chi connectivity index (χ2n) is 5.51. The van der Waals surface area contributed by atoms with E-state index in [1.807, 2.05) is 0 Å². The van der Waals surface area contributed by atoms with Gasteiger partial charge in [0, 0.05) is 12.1 Å². The molecule has 2 N–H and O–H groups in total. The molecule has 2 heteroatoms. The minimum absolute atomic E-state index is 0.344. The second kappa shape index (κ2) is 5.31. The van der Waals surface area contributed by atoms with Gasteiger partial charge in [-0.25, -0.2) is 0 Å². The third kappa shape index (κ3) is 3.18. The van der Waals surface area contributed by atoms with E-state index in [2.05, 4.69) is 32.6 Å². The SMILES string of the molecule is CCC(N)C(C)N1CCC(C)(CC)CC1. The van der Waals surface area contributed by atoms with Crippen molar-refractivity contribution >= 4 is 0 Å². The van der Waals surface area contributed by atoms with Gasteiger partial charge in [0.15, 0.2) is 0 Å². The number of nitrogens with zero attached hydrogens (tertiary/aromatic N) is 1. The first-order valence-corrected chi connectivity index (χ1v) is 6.52. The summed E-state index contributed by atoms with van der Waals surface area (Å²) in [6, 6.07) is 0.896. The van der Waals surface area contributed by atoms with E-state index in [9.17, 15) is 0 Å². The summed E-state index contributed by atoms with van der Waals surface area (Å²) in [5.74, 6) is 0. The van der Waals surface area contributed by atoms with Crippen LogP contribution >= 0.6 is 0 Å². The summed E-state index contributed by atoms with van der Waals surface area (Å²) in [5, 5.41) is 0. The Balaban J connectivity index is 2.43.